The molecule has 2 N–H and O–H groups in total. The summed E-state index contributed by atoms with van der Waals surface area (Å²) in [4.78, 5) is 13.6. The van der Waals surface area contributed by atoms with Crippen LogP contribution < -0.4 is 15.4 Å². The number of anilines is 1. The molecule has 0 aliphatic rings. The first-order chi connectivity index (χ1) is 11.5. The number of amides is 1. The van der Waals surface area contributed by atoms with Crippen molar-refractivity contribution in [3.63, 3.8) is 0 Å². The molecule has 0 radical (unpaired) electrons. The molecular weight excluding hydrogens is 408 g/mol. The van der Waals surface area contributed by atoms with E-state index in [9.17, 15) is 4.79 Å². The molecule has 0 aliphatic heterocycles. The lowest BCUT2D eigenvalue weighted by Crippen LogP contribution is -2.21. The summed E-state index contributed by atoms with van der Waals surface area (Å²) in [5, 5.41) is 5.64. The molecule has 4 nitrogen and oxygen atoms in total. The minimum absolute atomic E-state index is 0.279. The van der Waals surface area contributed by atoms with E-state index >= 15 is 0 Å². The number of halogens is 1. The fraction of sp³-hybridized carbons (Fsp3) is 0.0588. The van der Waals surface area contributed by atoms with E-state index < -0.39 is 0 Å². The lowest BCUT2D eigenvalue weighted by Gasteiger charge is -2.11. The first-order valence-corrected chi connectivity index (χ1v) is 8.93. The maximum atomic E-state index is 12.6. The molecule has 1 aromatic carbocycles. The van der Waals surface area contributed by atoms with Crippen LogP contribution in [0.15, 0.2) is 58.0 Å². The molecular formula is C17H15BrN2O2S2. The van der Waals surface area contributed by atoms with E-state index in [1.807, 2.05) is 12.1 Å². The fourth-order valence-electron chi connectivity index (χ4n) is 1.86. The molecule has 2 rings (SSSR count). The topological polar surface area (TPSA) is 50.4 Å². The number of methoxy groups -OCH3 is 1. The van der Waals surface area contributed by atoms with Crippen molar-refractivity contribution in [2.45, 2.75) is 0 Å². The average Bonchev–Trinajstić information content (AvgIpc) is 2.98. The molecule has 0 unspecified atom stereocenters. The van der Waals surface area contributed by atoms with Crippen LogP contribution in [0.3, 0.4) is 0 Å². The van der Waals surface area contributed by atoms with Gasteiger partial charge in [0.15, 0.2) is 0 Å². The molecule has 1 aromatic heterocycles. The Hall–Kier alpha value is -1.96. The number of rotatable bonds is 7. The Morgan fingerprint density at radius 3 is 2.54 bits per heavy atom. The second kappa shape index (κ2) is 8.77. The largest absolute Gasteiger partial charge is 0.497 e. The van der Waals surface area contributed by atoms with E-state index in [2.05, 4.69) is 33.1 Å². The van der Waals surface area contributed by atoms with Gasteiger partial charge in [0, 0.05) is 16.3 Å². The van der Waals surface area contributed by atoms with Crippen LogP contribution in [-0.2, 0) is 4.79 Å². The van der Waals surface area contributed by atoms with Crippen molar-refractivity contribution in [1.29, 1.82) is 0 Å². The highest BCUT2D eigenvalue weighted by Crippen LogP contribution is 2.25. The highest BCUT2D eigenvalue weighted by atomic mass is 79.9. The van der Waals surface area contributed by atoms with E-state index in [-0.39, 0.29) is 5.91 Å². The van der Waals surface area contributed by atoms with Crippen molar-refractivity contribution in [3.8, 4) is 5.75 Å². The Labute approximate surface area is 158 Å². The molecule has 0 saturated heterocycles. The molecule has 1 amide bonds. The summed E-state index contributed by atoms with van der Waals surface area (Å²) in [6.07, 6.45) is 1.77. The molecule has 0 aliphatic carbocycles. The van der Waals surface area contributed by atoms with Crippen molar-refractivity contribution in [3.05, 3.63) is 62.9 Å². The number of nitrogens with one attached hydrogen (secondary N) is 2. The van der Waals surface area contributed by atoms with Crippen LogP contribution in [0.5, 0.6) is 5.75 Å². The predicted octanol–water partition coefficient (Wildman–Crippen LogP) is 4.60. The van der Waals surface area contributed by atoms with Gasteiger partial charge in [-0.15, -0.1) is 11.3 Å². The lowest BCUT2D eigenvalue weighted by molar-refractivity contribution is -0.112. The quantitative estimate of drug-likeness (QED) is 0.388. The second-order valence-corrected chi connectivity index (χ2v) is 7.35. The van der Waals surface area contributed by atoms with Gasteiger partial charge in [-0.25, -0.2) is 0 Å². The number of benzene rings is 1. The predicted molar refractivity (Wildman–Crippen MR) is 108 cm³/mol. The van der Waals surface area contributed by atoms with E-state index in [4.69, 9.17) is 17.0 Å². The molecule has 0 saturated carbocycles. The van der Waals surface area contributed by atoms with E-state index in [0.29, 0.717) is 17.0 Å². The summed E-state index contributed by atoms with van der Waals surface area (Å²) in [7, 11) is 1.59. The van der Waals surface area contributed by atoms with Crippen LogP contribution in [0.25, 0.3) is 6.08 Å². The van der Waals surface area contributed by atoms with Crippen LogP contribution in [0.4, 0.5) is 5.69 Å². The third kappa shape index (κ3) is 5.02. The Morgan fingerprint density at radius 1 is 1.29 bits per heavy atom. The normalized spacial score (nSPS) is 10.8. The lowest BCUT2D eigenvalue weighted by atomic mass is 10.1. The molecule has 2 aromatic rings. The molecule has 7 heteroatoms. The van der Waals surface area contributed by atoms with Gasteiger partial charge in [0.05, 0.1) is 22.0 Å². The average molecular weight is 423 g/mol. The van der Waals surface area contributed by atoms with Gasteiger partial charge in [0.1, 0.15) is 5.75 Å². The Kier molecular flexibility index (Phi) is 6.72. The van der Waals surface area contributed by atoms with Gasteiger partial charge >= 0.3 is 0 Å². The second-order valence-electron chi connectivity index (χ2n) is 4.62. The summed E-state index contributed by atoms with van der Waals surface area (Å²) >= 11 is 9.71. The van der Waals surface area contributed by atoms with Crippen molar-refractivity contribution < 1.29 is 9.53 Å². The number of thiophene rings is 1. The number of carbonyl (C=O) groups is 1. The van der Waals surface area contributed by atoms with Gasteiger partial charge in [-0.05, 0) is 58.4 Å². The summed E-state index contributed by atoms with van der Waals surface area (Å²) in [6, 6.07) is 10.9. The molecule has 0 bridgehead atoms. The van der Waals surface area contributed by atoms with Crippen molar-refractivity contribution in [2.75, 3.05) is 12.4 Å². The van der Waals surface area contributed by atoms with Gasteiger partial charge in [0.2, 0.25) is 0 Å². The fourth-order valence-corrected chi connectivity index (χ4v) is 3.37. The van der Waals surface area contributed by atoms with E-state index in [1.54, 1.807) is 37.5 Å². The van der Waals surface area contributed by atoms with Gasteiger partial charge < -0.3 is 15.4 Å². The monoisotopic (exact) mass is 422 g/mol. The Bertz CT molecular complexity index is 782. The minimum Gasteiger partial charge on any atom is -0.497 e. The molecule has 24 heavy (non-hydrogen) atoms. The zero-order chi connectivity index (χ0) is 17.5. The van der Waals surface area contributed by atoms with Crippen molar-refractivity contribution in [2.24, 2.45) is 0 Å². The molecule has 124 valence electrons. The SMILES string of the molecule is C=C(NC=S)/C(=C/c1ccc(Br)s1)C(=O)Nc1ccc(OC)cc1. The maximum absolute atomic E-state index is 12.6. The number of thiocarbonyl (C=S) groups is 1. The van der Waals surface area contributed by atoms with Crippen LogP contribution >= 0.6 is 39.5 Å². The van der Waals surface area contributed by atoms with Gasteiger partial charge in [-0.3, -0.25) is 4.79 Å². The zero-order valence-electron chi connectivity index (χ0n) is 12.8. The smallest absolute Gasteiger partial charge is 0.257 e. The summed E-state index contributed by atoms with van der Waals surface area (Å²) in [5.74, 6) is 0.443. The van der Waals surface area contributed by atoms with Crippen LogP contribution in [0.2, 0.25) is 0 Å². The minimum atomic E-state index is -0.279. The van der Waals surface area contributed by atoms with Crippen LogP contribution in [0, 0.1) is 0 Å². The standard InChI is InChI=1S/C17H15BrN2O2S2/c1-11(19-10-23)15(9-14-7-8-16(18)24-14)17(21)20-12-3-5-13(22-2)6-4-12/h3-10H,1H2,2H3,(H,19,23)(H,20,21)/b15-9-. The summed E-state index contributed by atoms with van der Waals surface area (Å²) in [5.41, 5.74) is 2.82. The first kappa shape index (κ1) is 18.4. The molecule has 0 fully saturated rings. The van der Waals surface area contributed by atoms with Gasteiger partial charge in [0.25, 0.3) is 5.91 Å². The Balaban J connectivity index is 2.24. The third-order valence-corrected chi connectivity index (χ3v) is 4.72. The summed E-state index contributed by atoms with van der Waals surface area (Å²) < 4.78 is 6.09. The molecule has 1 heterocycles. The van der Waals surface area contributed by atoms with Gasteiger partial charge in [-0.2, -0.15) is 0 Å². The van der Waals surface area contributed by atoms with E-state index in [0.717, 1.165) is 14.4 Å². The van der Waals surface area contributed by atoms with Gasteiger partial charge in [-0.1, -0.05) is 18.8 Å². The molecule has 0 spiro atoms. The van der Waals surface area contributed by atoms with Crippen LogP contribution in [-0.4, -0.2) is 18.5 Å². The van der Waals surface area contributed by atoms with Crippen molar-refractivity contribution in [1.82, 2.24) is 5.32 Å². The maximum Gasteiger partial charge on any atom is 0.257 e. The van der Waals surface area contributed by atoms with E-state index in [1.165, 1.54) is 16.8 Å². The summed E-state index contributed by atoms with van der Waals surface area (Å²) in [6.45, 7) is 3.87. The molecule has 0 atom stereocenters. The number of hydrogen-bond donors (Lipinski definition) is 2. The number of carbonyl (C=O) groups excluding carboxylic acids is 1. The third-order valence-electron chi connectivity index (χ3n) is 3.03. The van der Waals surface area contributed by atoms with Crippen molar-refractivity contribution >= 4 is 62.6 Å². The highest BCUT2D eigenvalue weighted by molar-refractivity contribution is 9.11. The zero-order valence-corrected chi connectivity index (χ0v) is 16.1. The number of hydrogen-bond acceptors (Lipinski definition) is 4. The van der Waals surface area contributed by atoms with Crippen LogP contribution in [0.1, 0.15) is 4.88 Å². The first-order valence-electron chi connectivity index (χ1n) is 6.85. The highest BCUT2D eigenvalue weighted by Gasteiger charge is 2.14. The number of ether oxygens (including phenoxy) is 1. The Morgan fingerprint density at radius 2 is 2.00 bits per heavy atom.